The number of aromatic amines is 1. The summed E-state index contributed by atoms with van der Waals surface area (Å²) in [5.74, 6) is -1.65. The van der Waals surface area contributed by atoms with E-state index in [1.807, 2.05) is 13.2 Å². The van der Waals surface area contributed by atoms with Crippen molar-refractivity contribution in [3.05, 3.63) is 18.2 Å². The van der Waals surface area contributed by atoms with Gasteiger partial charge < -0.3 is 26.5 Å². The molecule has 2 amide bonds. The zero-order valence-electron chi connectivity index (χ0n) is 15.9. The quantitative estimate of drug-likeness (QED) is 0.335. The number of hydrogen-bond donors (Lipinski definition) is 5. The number of aromatic nitrogens is 2. The Morgan fingerprint density at radius 1 is 1.33 bits per heavy atom. The normalized spacial score (nSPS) is 15.4. The van der Waals surface area contributed by atoms with Gasteiger partial charge >= 0.3 is 5.97 Å². The zero-order chi connectivity index (χ0) is 20.4. The molecule has 6 N–H and O–H groups in total. The van der Waals surface area contributed by atoms with Crippen molar-refractivity contribution in [1.29, 1.82) is 0 Å². The number of carboxylic acids is 1. The number of aliphatic carboxylic acids is 1. The summed E-state index contributed by atoms with van der Waals surface area (Å²) < 4.78 is 0. The molecule has 152 valence electrons. The third-order valence-corrected chi connectivity index (χ3v) is 5.00. The van der Waals surface area contributed by atoms with Crippen LogP contribution >= 0.6 is 11.8 Å². The molecule has 0 bridgehead atoms. The van der Waals surface area contributed by atoms with Gasteiger partial charge in [0.05, 0.1) is 12.4 Å². The molecular weight excluding hydrogens is 370 g/mol. The molecule has 0 saturated heterocycles. The smallest absolute Gasteiger partial charge is 0.326 e. The summed E-state index contributed by atoms with van der Waals surface area (Å²) in [7, 11) is 0. The van der Waals surface area contributed by atoms with Crippen LogP contribution in [0.15, 0.2) is 12.5 Å². The third kappa shape index (κ3) is 7.59. The lowest BCUT2D eigenvalue weighted by Gasteiger charge is -2.25. The van der Waals surface area contributed by atoms with Gasteiger partial charge in [-0.1, -0.05) is 20.3 Å². The van der Waals surface area contributed by atoms with Crippen LogP contribution in [0.1, 0.15) is 32.4 Å². The van der Waals surface area contributed by atoms with E-state index in [2.05, 4.69) is 20.6 Å². The summed E-state index contributed by atoms with van der Waals surface area (Å²) in [6, 6.07) is -2.72. The molecule has 0 aliphatic carbocycles. The van der Waals surface area contributed by atoms with E-state index in [-0.39, 0.29) is 12.3 Å². The third-order valence-electron chi connectivity index (χ3n) is 4.36. The number of amides is 2. The molecule has 1 heterocycles. The highest BCUT2D eigenvalue weighted by Crippen LogP contribution is 2.09. The fourth-order valence-electron chi connectivity index (χ4n) is 2.42. The first-order valence-electron chi connectivity index (χ1n) is 8.85. The van der Waals surface area contributed by atoms with E-state index in [9.17, 15) is 19.5 Å². The summed E-state index contributed by atoms with van der Waals surface area (Å²) in [5.41, 5.74) is 6.52. The second-order valence-corrected chi connectivity index (χ2v) is 7.43. The van der Waals surface area contributed by atoms with Gasteiger partial charge in [0.25, 0.3) is 0 Å². The van der Waals surface area contributed by atoms with E-state index >= 15 is 0 Å². The second kappa shape index (κ2) is 11.6. The van der Waals surface area contributed by atoms with Crippen molar-refractivity contribution >= 4 is 29.5 Å². The molecule has 0 spiro atoms. The molecule has 1 aromatic heterocycles. The Hall–Kier alpha value is -2.07. The molecule has 0 fully saturated rings. The molecule has 0 unspecified atom stereocenters. The number of H-pyrrole nitrogens is 1. The average Bonchev–Trinajstić information content (AvgIpc) is 3.15. The first kappa shape index (κ1) is 23.0. The van der Waals surface area contributed by atoms with Crippen molar-refractivity contribution in [2.75, 3.05) is 12.0 Å². The van der Waals surface area contributed by atoms with Crippen LogP contribution < -0.4 is 16.4 Å². The van der Waals surface area contributed by atoms with Crippen molar-refractivity contribution in [3.63, 3.8) is 0 Å². The Balaban J connectivity index is 2.87. The van der Waals surface area contributed by atoms with Gasteiger partial charge in [-0.3, -0.25) is 9.59 Å². The molecule has 0 aliphatic rings. The molecular formula is C17H29N5O4S. The van der Waals surface area contributed by atoms with Crippen molar-refractivity contribution in [2.45, 2.75) is 51.2 Å². The van der Waals surface area contributed by atoms with Gasteiger partial charge in [-0.25, -0.2) is 9.78 Å². The maximum absolute atomic E-state index is 12.7. The number of nitrogens with two attached hydrogens (primary N) is 1. The molecule has 27 heavy (non-hydrogen) atoms. The molecule has 0 saturated carbocycles. The largest absolute Gasteiger partial charge is 0.480 e. The van der Waals surface area contributed by atoms with E-state index in [1.54, 1.807) is 24.9 Å². The first-order valence-corrected chi connectivity index (χ1v) is 10.2. The molecule has 0 aliphatic heterocycles. The zero-order valence-corrected chi connectivity index (χ0v) is 16.7. The molecule has 1 rings (SSSR count). The lowest BCUT2D eigenvalue weighted by atomic mass is 9.98. The van der Waals surface area contributed by atoms with Crippen LogP contribution in [0.5, 0.6) is 0 Å². The monoisotopic (exact) mass is 399 g/mol. The molecule has 0 aromatic carbocycles. The SMILES string of the molecule is CC[C@H](C)[C@H](NC(=O)[C@H](Cc1cnc[nH]1)NC(=O)[C@@H](N)CCSC)C(=O)O. The van der Waals surface area contributed by atoms with E-state index in [0.29, 0.717) is 18.5 Å². The van der Waals surface area contributed by atoms with Gasteiger partial charge in [0.2, 0.25) is 11.8 Å². The number of nitrogens with zero attached hydrogens (tertiary/aromatic N) is 1. The second-order valence-electron chi connectivity index (χ2n) is 6.44. The minimum atomic E-state index is -1.11. The maximum Gasteiger partial charge on any atom is 0.326 e. The summed E-state index contributed by atoms with van der Waals surface area (Å²) in [5, 5.41) is 14.6. The van der Waals surface area contributed by atoms with Crippen LogP contribution in [0.25, 0.3) is 0 Å². The van der Waals surface area contributed by atoms with Crippen LogP contribution in [-0.4, -0.2) is 63.0 Å². The molecule has 1 aromatic rings. The van der Waals surface area contributed by atoms with Crippen LogP contribution in [0.2, 0.25) is 0 Å². The molecule has 0 radical (unpaired) electrons. The van der Waals surface area contributed by atoms with Gasteiger partial charge in [-0.15, -0.1) is 0 Å². The van der Waals surface area contributed by atoms with Gasteiger partial charge in [-0.2, -0.15) is 11.8 Å². The Labute approximate surface area is 163 Å². The minimum Gasteiger partial charge on any atom is -0.480 e. The van der Waals surface area contributed by atoms with Gasteiger partial charge in [0.15, 0.2) is 0 Å². The number of nitrogens with one attached hydrogen (secondary N) is 3. The molecule has 10 heteroatoms. The van der Waals surface area contributed by atoms with Crippen LogP contribution in [0, 0.1) is 5.92 Å². The van der Waals surface area contributed by atoms with Gasteiger partial charge in [0.1, 0.15) is 12.1 Å². The van der Waals surface area contributed by atoms with Crippen molar-refractivity contribution in [3.8, 4) is 0 Å². The van der Waals surface area contributed by atoms with Crippen LogP contribution in [0.3, 0.4) is 0 Å². The molecule has 9 nitrogen and oxygen atoms in total. The van der Waals surface area contributed by atoms with Crippen LogP contribution in [-0.2, 0) is 20.8 Å². The van der Waals surface area contributed by atoms with Gasteiger partial charge in [-0.05, 0) is 24.3 Å². The summed E-state index contributed by atoms with van der Waals surface area (Å²) in [6.45, 7) is 3.60. The fraction of sp³-hybridized carbons (Fsp3) is 0.647. The standard InChI is InChI=1S/C17H29N5O4S/c1-4-10(2)14(17(25)26)22-16(24)13(7-11-8-19-9-20-11)21-15(23)12(18)5-6-27-3/h8-10,12-14H,4-7,18H2,1-3H3,(H,19,20)(H,21,23)(H,22,24)(H,25,26)/t10-,12-,13-,14-/m0/s1. The Morgan fingerprint density at radius 3 is 2.56 bits per heavy atom. The van der Waals surface area contributed by atoms with Gasteiger partial charge in [0, 0.05) is 18.3 Å². The first-order chi connectivity index (χ1) is 12.8. The summed E-state index contributed by atoms with van der Waals surface area (Å²) in [6.07, 6.45) is 6.16. The summed E-state index contributed by atoms with van der Waals surface area (Å²) >= 11 is 1.58. The number of thioether (sulfide) groups is 1. The Kier molecular flexibility index (Phi) is 9.87. The Bertz CT molecular complexity index is 610. The number of hydrogen-bond acceptors (Lipinski definition) is 6. The van der Waals surface area contributed by atoms with E-state index in [0.717, 1.165) is 5.75 Å². The highest BCUT2D eigenvalue weighted by atomic mass is 32.2. The fourth-order valence-corrected chi connectivity index (χ4v) is 2.91. The lowest BCUT2D eigenvalue weighted by molar-refractivity contribution is -0.143. The van der Waals surface area contributed by atoms with Crippen LogP contribution in [0.4, 0.5) is 0 Å². The minimum absolute atomic E-state index is 0.152. The predicted molar refractivity (Wildman–Crippen MR) is 104 cm³/mol. The van der Waals surface area contributed by atoms with Crippen molar-refractivity contribution in [1.82, 2.24) is 20.6 Å². The lowest BCUT2D eigenvalue weighted by Crippen LogP contribution is -2.56. The number of carboxylic acid groups (broad SMARTS) is 1. The number of rotatable bonds is 12. The highest BCUT2D eigenvalue weighted by Gasteiger charge is 2.30. The highest BCUT2D eigenvalue weighted by molar-refractivity contribution is 7.98. The molecule has 4 atom stereocenters. The average molecular weight is 400 g/mol. The maximum atomic E-state index is 12.7. The summed E-state index contributed by atoms with van der Waals surface area (Å²) in [4.78, 5) is 43.3. The van der Waals surface area contributed by atoms with E-state index in [4.69, 9.17) is 5.73 Å². The number of carbonyl (C=O) groups is 3. The predicted octanol–water partition coefficient (Wildman–Crippen LogP) is 0.133. The van der Waals surface area contributed by atoms with E-state index < -0.39 is 35.9 Å². The topological polar surface area (TPSA) is 150 Å². The van der Waals surface area contributed by atoms with Crippen molar-refractivity contribution < 1.29 is 19.5 Å². The Morgan fingerprint density at radius 2 is 2.04 bits per heavy atom. The van der Waals surface area contributed by atoms with E-state index in [1.165, 1.54) is 6.33 Å². The van der Waals surface area contributed by atoms with Crippen molar-refractivity contribution in [2.24, 2.45) is 11.7 Å². The number of carbonyl (C=O) groups excluding carboxylic acids is 2. The number of imidazole rings is 1.